The third-order valence-corrected chi connectivity index (χ3v) is 6.36. The second-order valence-electron chi connectivity index (χ2n) is 6.02. The zero-order valence-electron chi connectivity index (χ0n) is 14.1. The monoisotopic (exact) mass is 393 g/mol. The van der Waals surface area contributed by atoms with Gasteiger partial charge in [0.05, 0.1) is 22.2 Å². The summed E-state index contributed by atoms with van der Waals surface area (Å²) < 4.78 is 26.7. The molecule has 138 valence electrons. The summed E-state index contributed by atoms with van der Waals surface area (Å²) in [6.07, 6.45) is 1.78. The number of nitrogens with one attached hydrogen (secondary N) is 2. The number of carbonyl (C=O) groups excluding carboxylic acids is 1. The van der Waals surface area contributed by atoms with Crippen molar-refractivity contribution in [2.75, 3.05) is 30.3 Å². The van der Waals surface area contributed by atoms with E-state index in [-0.39, 0.29) is 17.3 Å². The molecule has 1 aliphatic rings. The Labute approximate surface area is 158 Å². The molecule has 0 aromatic heterocycles. The first-order valence-corrected chi connectivity index (χ1v) is 10.2. The van der Waals surface area contributed by atoms with E-state index in [0.29, 0.717) is 29.5 Å². The lowest BCUT2D eigenvalue weighted by Crippen LogP contribution is -2.28. The van der Waals surface area contributed by atoms with Crippen molar-refractivity contribution in [3.8, 4) is 0 Å². The number of carbonyl (C=O) groups is 1. The number of hydrogen-bond donors (Lipinski definition) is 2. The molecular formula is C18H20ClN3O3S. The normalized spacial score (nSPS) is 15.0. The molecule has 8 heteroatoms. The molecule has 26 heavy (non-hydrogen) atoms. The van der Waals surface area contributed by atoms with Gasteiger partial charge < -0.3 is 10.6 Å². The number of nitrogens with zero attached hydrogens (tertiary/aromatic N) is 1. The maximum atomic E-state index is 12.6. The van der Waals surface area contributed by atoms with Crippen LogP contribution in [0.25, 0.3) is 0 Å². The van der Waals surface area contributed by atoms with E-state index in [1.54, 1.807) is 48.5 Å². The van der Waals surface area contributed by atoms with Crippen LogP contribution >= 0.6 is 11.6 Å². The van der Waals surface area contributed by atoms with Gasteiger partial charge in [-0.2, -0.15) is 4.31 Å². The number of benzene rings is 2. The van der Waals surface area contributed by atoms with Gasteiger partial charge in [0.25, 0.3) is 0 Å². The molecule has 1 heterocycles. The number of amides is 1. The van der Waals surface area contributed by atoms with E-state index in [1.165, 1.54) is 4.31 Å². The van der Waals surface area contributed by atoms with E-state index in [2.05, 4.69) is 10.6 Å². The third-order valence-electron chi connectivity index (χ3n) is 4.14. The van der Waals surface area contributed by atoms with Crippen LogP contribution in [0.15, 0.2) is 53.4 Å². The van der Waals surface area contributed by atoms with E-state index >= 15 is 0 Å². The Morgan fingerprint density at radius 1 is 1.08 bits per heavy atom. The minimum Gasteiger partial charge on any atom is -0.376 e. The highest BCUT2D eigenvalue weighted by Crippen LogP contribution is 2.23. The van der Waals surface area contributed by atoms with Crippen LogP contribution in [0.4, 0.5) is 11.4 Å². The highest BCUT2D eigenvalue weighted by molar-refractivity contribution is 7.89. The van der Waals surface area contributed by atoms with Crippen LogP contribution < -0.4 is 10.6 Å². The smallest absolute Gasteiger partial charge is 0.243 e. The second-order valence-corrected chi connectivity index (χ2v) is 8.37. The predicted molar refractivity (Wildman–Crippen MR) is 103 cm³/mol. The summed E-state index contributed by atoms with van der Waals surface area (Å²) in [4.78, 5) is 12.3. The van der Waals surface area contributed by atoms with Gasteiger partial charge in [0.15, 0.2) is 0 Å². The average molecular weight is 394 g/mol. The minimum absolute atomic E-state index is 0.00155. The predicted octanol–water partition coefficient (Wildman–Crippen LogP) is 3.18. The SMILES string of the molecule is O=C(CNc1cccc(S(=O)(=O)N2CCCC2)c1)Nc1ccccc1Cl. The maximum Gasteiger partial charge on any atom is 0.243 e. The molecule has 2 aromatic carbocycles. The van der Waals surface area contributed by atoms with Crippen LogP contribution in [0.2, 0.25) is 5.02 Å². The lowest BCUT2D eigenvalue weighted by molar-refractivity contribution is -0.114. The number of sulfonamides is 1. The van der Waals surface area contributed by atoms with E-state index in [9.17, 15) is 13.2 Å². The Balaban J connectivity index is 1.64. The van der Waals surface area contributed by atoms with Gasteiger partial charge in [-0.3, -0.25) is 4.79 Å². The number of hydrogen-bond acceptors (Lipinski definition) is 4. The van der Waals surface area contributed by atoms with Crippen molar-refractivity contribution in [3.05, 3.63) is 53.6 Å². The Hall–Kier alpha value is -2.09. The lowest BCUT2D eigenvalue weighted by atomic mass is 10.3. The zero-order chi connectivity index (χ0) is 18.6. The van der Waals surface area contributed by atoms with Crippen LogP contribution in [-0.4, -0.2) is 38.3 Å². The third kappa shape index (κ3) is 4.35. The van der Waals surface area contributed by atoms with Crippen molar-refractivity contribution in [2.45, 2.75) is 17.7 Å². The molecule has 1 saturated heterocycles. The fourth-order valence-corrected chi connectivity index (χ4v) is 4.53. The Bertz CT molecular complexity index is 896. The van der Waals surface area contributed by atoms with Crippen molar-refractivity contribution >= 4 is 38.9 Å². The van der Waals surface area contributed by atoms with Crippen molar-refractivity contribution < 1.29 is 13.2 Å². The molecule has 0 unspecified atom stereocenters. The van der Waals surface area contributed by atoms with Crippen LogP contribution in [-0.2, 0) is 14.8 Å². The summed E-state index contributed by atoms with van der Waals surface area (Å²) in [5.74, 6) is -0.272. The van der Waals surface area contributed by atoms with Gasteiger partial charge in [-0.05, 0) is 43.2 Å². The van der Waals surface area contributed by atoms with Gasteiger partial charge in [-0.1, -0.05) is 29.8 Å². The molecule has 6 nitrogen and oxygen atoms in total. The summed E-state index contributed by atoms with van der Waals surface area (Å²) >= 11 is 6.01. The molecule has 1 aliphatic heterocycles. The van der Waals surface area contributed by atoms with Crippen LogP contribution in [0.5, 0.6) is 0 Å². The summed E-state index contributed by atoms with van der Waals surface area (Å²) in [5.41, 5.74) is 1.10. The van der Waals surface area contributed by atoms with Crippen LogP contribution in [0.1, 0.15) is 12.8 Å². The first-order chi connectivity index (χ1) is 12.5. The summed E-state index contributed by atoms with van der Waals surface area (Å²) in [6, 6.07) is 13.5. The lowest BCUT2D eigenvalue weighted by Gasteiger charge is -2.16. The summed E-state index contributed by atoms with van der Waals surface area (Å²) in [7, 11) is -3.48. The van der Waals surface area contributed by atoms with Gasteiger partial charge in [-0.25, -0.2) is 8.42 Å². The molecule has 3 rings (SSSR count). The molecule has 0 aliphatic carbocycles. The molecule has 0 bridgehead atoms. The van der Waals surface area contributed by atoms with Crippen LogP contribution in [0.3, 0.4) is 0 Å². The summed E-state index contributed by atoms with van der Waals surface area (Å²) in [6.45, 7) is 1.11. The second kappa shape index (κ2) is 8.07. The topological polar surface area (TPSA) is 78.5 Å². The first kappa shape index (κ1) is 18.7. The number of para-hydroxylation sites is 1. The van der Waals surface area contributed by atoms with Gasteiger partial charge in [0, 0.05) is 18.8 Å². The fraction of sp³-hybridized carbons (Fsp3) is 0.278. The molecule has 0 radical (unpaired) electrons. The van der Waals surface area contributed by atoms with Gasteiger partial charge in [0.2, 0.25) is 15.9 Å². The number of rotatable bonds is 6. The quantitative estimate of drug-likeness (QED) is 0.790. The first-order valence-electron chi connectivity index (χ1n) is 8.35. The highest BCUT2D eigenvalue weighted by atomic mass is 35.5. The Morgan fingerprint density at radius 3 is 2.54 bits per heavy atom. The van der Waals surface area contributed by atoms with Crippen molar-refractivity contribution in [3.63, 3.8) is 0 Å². The largest absolute Gasteiger partial charge is 0.376 e. The molecule has 0 saturated carbocycles. The van der Waals surface area contributed by atoms with Crippen molar-refractivity contribution in [2.24, 2.45) is 0 Å². The molecular weight excluding hydrogens is 374 g/mol. The van der Waals surface area contributed by atoms with Crippen molar-refractivity contribution in [1.82, 2.24) is 4.31 Å². The van der Waals surface area contributed by atoms with Gasteiger partial charge in [-0.15, -0.1) is 0 Å². The Kier molecular flexibility index (Phi) is 5.80. The zero-order valence-corrected chi connectivity index (χ0v) is 15.7. The molecule has 0 atom stereocenters. The molecule has 0 spiro atoms. The van der Waals surface area contributed by atoms with E-state index in [4.69, 9.17) is 11.6 Å². The number of anilines is 2. The van der Waals surface area contributed by atoms with E-state index in [0.717, 1.165) is 12.8 Å². The van der Waals surface area contributed by atoms with Crippen LogP contribution in [0, 0.1) is 0 Å². The Morgan fingerprint density at radius 2 is 1.81 bits per heavy atom. The van der Waals surface area contributed by atoms with E-state index in [1.807, 2.05) is 0 Å². The molecule has 2 aromatic rings. The van der Waals surface area contributed by atoms with E-state index < -0.39 is 10.0 Å². The summed E-state index contributed by atoms with van der Waals surface area (Å²) in [5, 5.41) is 6.12. The molecule has 1 amide bonds. The fourth-order valence-electron chi connectivity index (χ4n) is 2.78. The minimum atomic E-state index is -3.48. The van der Waals surface area contributed by atoms with Gasteiger partial charge in [0.1, 0.15) is 0 Å². The standard InChI is InChI=1S/C18H20ClN3O3S/c19-16-8-1-2-9-17(16)21-18(23)13-20-14-6-5-7-15(12-14)26(24,25)22-10-3-4-11-22/h1-2,5-9,12,20H,3-4,10-11,13H2,(H,21,23). The highest BCUT2D eigenvalue weighted by Gasteiger charge is 2.27. The molecule has 2 N–H and O–H groups in total. The maximum absolute atomic E-state index is 12.6. The number of halogens is 1. The molecule has 1 fully saturated rings. The average Bonchev–Trinajstić information content (AvgIpc) is 3.18. The van der Waals surface area contributed by atoms with Gasteiger partial charge >= 0.3 is 0 Å². The van der Waals surface area contributed by atoms with Crippen molar-refractivity contribution in [1.29, 1.82) is 0 Å².